The van der Waals surface area contributed by atoms with Crippen LogP contribution in [-0.4, -0.2) is 0 Å². The lowest BCUT2D eigenvalue weighted by atomic mass is 9.96. The number of furan rings is 1. The summed E-state index contributed by atoms with van der Waals surface area (Å²) < 4.78 is 6.54. The third kappa shape index (κ3) is 5.82. The van der Waals surface area contributed by atoms with E-state index in [2.05, 4.69) is 229 Å². The van der Waals surface area contributed by atoms with Crippen molar-refractivity contribution in [3.63, 3.8) is 0 Å². The fraction of sp³-hybridized carbons (Fsp3) is 0. The van der Waals surface area contributed by atoms with Gasteiger partial charge in [0.05, 0.1) is 11.4 Å². The quantitative estimate of drug-likeness (QED) is 0.162. The molecule has 1 heterocycles. The van der Waals surface area contributed by atoms with Crippen molar-refractivity contribution in [2.24, 2.45) is 0 Å². The van der Waals surface area contributed by atoms with Crippen LogP contribution in [0.1, 0.15) is 0 Å². The third-order valence-electron chi connectivity index (χ3n) is 11.5. The van der Waals surface area contributed by atoms with E-state index >= 15 is 0 Å². The Kier molecular flexibility index (Phi) is 8.19. The SMILES string of the molecule is c1ccc(-c2ccc(-c3ccccc3N(c3ccc(-c4cccc5ccccc45)cc3)c3ccccc3-c3ccc4oc5c6ccccc6ccc5c4c3)cc2)cc1. The molecule has 0 amide bonds. The minimum absolute atomic E-state index is 0.887. The Morgan fingerprint density at radius 1 is 0.293 bits per heavy atom. The van der Waals surface area contributed by atoms with Crippen molar-refractivity contribution in [2.45, 2.75) is 0 Å². The Bertz CT molecular complexity index is 3260. The summed E-state index contributed by atoms with van der Waals surface area (Å²) >= 11 is 0. The molecule has 0 saturated heterocycles. The number of hydrogen-bond donors (Lipinski definition) is 0. The first-order chi connectivity index (χ1) is 28.8. The number of para-hydroxylation sites is 2. The molecule has 1 aromatic heterocycles. The molecule has 0 radical (unpaired) electrons. The summed E-state index contributed by atoms with van der Waals surface area (Å²) in [7, 11) is 0. The summed E-state index contributed by atoms with van der Waals surface area (Å²) in [5, 5.41) is 7.03. The summed E-state index contributed by atoms with van der Waals surface area (Å²) in [6.45, 7) is 0. The van der Waals surface area contributed by atoms with Crippen molar-refractivity contribution in [1.82, 2.24) is 0 Å². The van der Waals surface area contributed by atoms with Gasteiger partial charge in [0.1, 0.15) is 11.2 Å². The molecule has 272 valence electrons. The second-order valence-corrected chi connectivity index (χ2v) is 14.9. The van der Waals surface area contributed by atoms with Crippen molar-refractivity contribution in [3.8, 4) is 44.5 Å². The van der Waals surface area contributed by atoms with Crippen molar-refractivity contribution >= 4 is 60.5 Å². The van der Waals surface area contributed by atoms with Gasteiger partial charge in [-0.25, -0.2) is 0 Å². The number of nitrogens with zero attached hydrogens (tertiary/aromatic N) is 1. The summed E-state index contributed by atoms with van der Waals surface area (Å²) in [5.41, 5.74) is 14.5. The first-order valence-corrected chi connectivity index (χ1v) is 19.8. The van der Waals surface area contributed by atoms with Gasteiger partial charge >= 0.3 is 0 Å². The van der Waals surface area contributed by atoms with E-state index in [9.17, 15) is 0 Å². The molecule has 0 aliphatic heterocycles. The zero-order chi connectivity index (χ0) is 38.4. The molecule has 11 aromatic rings. The molecule has 0 bridgehead atoms. The van der Waals surface area contributed by atoms with Gasteiger partial charge in [-0.3, -0.25) is 0 Å². The van der Waals surface area contributed by atoms with Gasteiger partial charge in [0.2, 0.25) is 0 Å². The lowest BCUT2D eigenvalue weighted by molar-refractivity contribution is 0.672. The Balaban J connectivity index is 1.08. The van der Waals surface area contributed by atoms with E-state index in [1.807, 2.05) is 0 Å². The molecule has 0 fully saturated rings. The molecule has 0 unspecified atom stereocenters. The minimum Gasteiger partial charge on any atom is -0.455 e. The molecule has 0 aliphatic rings. The van der Waals surface area contributed by atoms with Crippen LogP contribution in [0.4, 0.5) is 17.1 Å². The predicted octanol–water partition coefficient (Wildman–Crippen LogP) is 16.0. The van der Waals surface area contributed by atoms with E-state index in [0.717, 1.165) is 66.6 Å². The normalized spacial score (nSPS) is 11.4. The highest BCUT2D eigenvalue weighted by molar-refractivity contribution is 6.15. The first-order valence-electron chi connectivity index (χ1n) is 19.8. The highest BCUT2D eigenvalue weighted by Crippen LogP contribution is 2.46. The van der Waals surface area contributed by atoms with Gasteiger partial charge in [-0.1, -0.05) is 182 Å². The second-order valence-electron chi connectivity index (χ2n) is 14.9. The Morgan fingerprint density at radius 3 is 1.57 bits per heavy atom. The van der Waals surface area contributed by atoms with Crippen LogP contribution in [0.3, 0.4) is 0 Å². The van der Waals surface area contributed by atoms with E-state index in [-0.39, 0.29) is 0 Å². The number of hydrogen-bond acceptors (Lipinski definition) is 2. The van der Waals surface area contributed by atoms with Crippen LogP contribution in [-0.2, 0) is 0 Å². The molecule has 10 aromatic carbocycles. The monoisotopic (exact) mass is 739 g/mol. The average molecular weight is 740 g/mol. The summed E-state index contributed by atoms with van der Waals surface area (Å²) in [6.07, 6.45) is 0. The Labute approximate surface area is 337 Å². The van der Waals surface area contributed by atoms with Crippen LogP contribution >= 0.6 is 0 Å². The molecule has 0 spiro atoms. The van der Waals surface area contributed by atoms with E-state index in [1.54, 1.807) is 0 Å². The zero-order valence-electron chi connectivity index (χ0n) is 31.7. The number of anilines is 3. The average Bonchev–Trinajstić information content (AvgIpc) is 3.69. The van der Waals surface area contributed by atoms with Crippen LogP contribution in [0.5, 0.6) is 0 Å². The molecular formula is C56H37NO. The van der Waals surface area contributed by atoms with E-state index < -0.39 is 0 Å². The van der Waals surface area contributed by atoms with Gasteiger partial charge in [-0.2, -0.15) is 0 Å². The summed E-state index contributed by atoms with van der Waals surface area (Å²) in [6, 6.07) is 80.7. The van der Waals surface area contributed by atoms with E-state index in [0.29, 0.717) is 0 Å². The van der Waals surface area contributed by atoms with Crippen LogP contribution in [0.25, 0.3) is 88.0 Å². The van der Waals surface area contributed by atoms with Crippen LogP contribution < -0.4 is 4.90 Å². The number of rotatable bonds is 7. The molecule has 0 N–H and O–H groups in total. The molecule has 0 atom stereocenters. The van der Waals surface area contributed by atoms with E-state index in [4.69, 9.17) is 4.42 Å². The molecule has 11 rings (SSSR count). The minimum atomic E-state index is 0.887. The molecule has 0 aliphatic carbocycles. The van der Waals surface area contributed by atoms with Gasteiger partial charge in [-0.15, -0.1) is 0 Å². The van der Waals surface area contributed by atoms with Crippen LogP contribution in [0, 0.1) is 0 Å². The Hall–Kier alpha value is -7.68. The highest BCUT2D eigenvalue weighted by Gasteiger charge is 2.21. The summed E-state index contributed by atoms with van der Waals surface area (Å²) in [5.74, 6) is 0. The summed E-state index contributed by atoms with van der Waals surface area (Å²) in [4.78, 5) is 2.42. The maximum Gasteiger partial charge on any atom is 0.143 e. The van der Waals surface area contributed by atoms with Gasteiger partial charge in [0, 0.05) is 33.0 Å². The molecule has 0 saturated carbocycles. The second kappa shape index (κ2) is 14.1. The third-order valence-corrected chi connectivity index (χ3v) is 11.5. The molecule has 2 heteroatoms. The molecular weight excluding hydrogens is 703 g/mol. The fourth-order valence-corrected chi connectivity index (χ4v) is 8.65. The van der Waals surface area contributed by atoms with Gasteiger partial charge < -0.3 is 9.32 Å². The number of benzene rings is 10. The van der Waals surface area contributed by atoms with Crippen LogP contribution in [0.15, 0.2) is 229 Å². The van der Waals surface area contributed by atoms with Crippen molar-refractivity contribution in [1.29, 1.82) is 0 Å². The predicted molar refractivity (Wildman–Crippen MR) is 245 cm³/mol. The maximum atomic E-state index is 6.54. The van der Waals surface area contributed by atoms with Gasteiger partial charge in [0.25, 0.3) is 0 Å². The maximum absolute atomic E-state index is 6.54. The lowest BCUT2D eigenvalue weighted by Crippen LogP contribution is -2.12. The van der Waals surface area contributed by atoms with Crippen molar-refractivity contribution < 1.29 is 4.42 Å². The zero-order valence-corrected chi connectivity index (χ0v) is 31.7. The Morgan fingerprint density at radius 2 is 0.810 bits per heavy atom. The van der Waals surface area contributed by atoms with Crippen LogP contribution in [0.2, 0.25) is 0 Å². The number of fused-ring (bicyclic) bond motifs is 6. The van der Waals surface area contributed by atoms with E-state index in [1.165, 1.54) is 38.4 Å². The lowest BCUT2D eigenvalue weighted by Gasteiger charge is -2.30. The standard InChI is InChI=1S/C56H37NO/c1-2-13-38(14-3-1)39-25-27-43(28-26-39)48-19-8-10-23-53(48)57(45-33-29-42(30-34-45)47-22-12-17-40-15-4-6-18-46(40)47)54-24-11-9-20-49(54)44-32-36-55-52(37-44)51-35-31-41-16-5-7-21-50(41)56(51)58-55/h1-37H. The largest absolute Gasteiger partial charge is 0.455 e. The fourth-order valence-electron chi connectivity index (χ4n) is 8.65. The van der Waals surface area contributed by atoms with Crippen molar-refractivity contribution in [3.05, 3.63) is 224 Å². The topological polar surface area (TPSA) is 16.4 Å². The molecule has 58 heavy (non-hydrogen) atoms. The van der Waals surface area contributed by atoms with Gasteiger partial charge in [-0.05, 0) is 92.0 Å². The van der Waals surface area contributed by atoms with Gasteiger partial charge in [0.15, 0.2) is 0 Å². The highest BCUT2D eigenvalue weighted by atomic mass is 16.3. The smallest absolute Gasteiger partial charge is 0.143 e. The van der Waals surface area contributed by atoms with Crippen molar-refractivity contribution in [2.75, 3.05) is 4.90 Å². The molecule has 2 nitrogen and oxygen atoms in total. The first kappa shape index (κ1) is 33.6.